The average molecular weight is 394 g/mol. The number of hydrogen-bond acceptors (Lipinski definition) is 6. The van der Waals surface area contributed by atoms with Crippen LogP contribution >= 0.6 is 0 Å². The van der Waals surface area contributed by atoms with Gasteiger partial charge in [-0.25, -0.2) is 0 Å². The molecule has 2 aromatic carbocycles. The first-order chi connectivity index (χ1) is 14.1. The smallest absolute Gasteiger partial charge is 0.259 e. The number of carbonyl (C=O) groups is 1. The number of nitrogens with zero attached hydrogens (tertiary/aromatic N) is 1. The predicted octanol–water partition coefficient (Wildman–Crippen LogP) is 3.94. The van der Waals surface area contributed by atoms with E-state index in [0.717, 1.165) is 5.69 Å². The number of benzene rings is 2. The van der Waals surface area contributed by atoms with Gasteiger partial charge < -0.3 is 24.3 Å². The van der Waals surface area contributed by atoms with Crippen molar-refractivity contribution in [2.75, 3.05) is 26.6 Å². The van der Waals surface area contributed by atoms with Gasteiger partial charge in [-0.2, -0.15) is 0 Å². The molecule has 7 nitrogen and oxygen atoms in total. The summed E-state index contributed by atoms with van der Waals surface area (Å²) in [4.78, 5) is 17.0. The number of pyridine rings is 1. The standard InChI is InChI=1S/C22H22N2O5/c1-26-19-13-21(28-3)20(27-2)12-18(19)22(25)24-15-8-6-9-17(11-15)29-14-16-7-4-5-10-23-16/h4-13H,14H2,1-3H3,(H,24,25). The van der Waals surface area contributed by atoms with Crippen molar-refractivity contribution >= 4 is 11.6 Å². The number of anilines is 1. The molecule has 0 spiro atoms. The molecule has 1 heterocycles. The number of amides is 1. The largest absolute Gasteiger partial charge is 0.496 e. The molecule has 7 heteroatoms. The second-order valence-corrected chi connectivity index (χ2v) is 6.00. The molecule has 1 N–H and O–H groups in total. The summed E-state index contributed by atoms with van der Waals surface area (Å²) in [6, 6.07) is 16.0. The second-order valence-electron chi connectivity index (χ2n) is 6.00. The normalized spacial score (nSPS) is 10.2. The maximum atomic E-state index is 12.8. The molecule has 3 aromatic rings. The van der Waals surface area contributed by atoms with Crippen LogP contribution < -0.4 is 24.3 Å². The molecule has 1 amide bonds. The maximum absolute atomic E-state index is 12.8. The number of aromatic nitrogens is 1. The first-order valence-electron chi connectivity index (χ1n) is 8.88. The minimum Gasteiger partial charge on any atom is -0.496 e. The topological polar surface area (TPSA) is 78.9 Å². The lowest BCUT2D eigenvalue weighted by molar-refractivity contribution is 0.102. The van der Waals surface area contributed by atoms with Gasteiger partial charge in [-0.3, -0.25) is 9.78 Å². The summed E-state index contributed by atoms with van der Waals surface area (Å²) in [5.74, 6) is 1.57. The van der Waals surface area contributed by atoms with Crippen LogP contribution in [0.3, 0.4) is 0 Å². The Hall–Kier alpha value is -3.74. The molecule has 150 valence electrons. The molecule has 0 saturated heterocycles. The highest BCUT2D eigenvalue weighted by molar-refractivity contribution is 6.06. The maximum Gasteiger partial charge on any atom is 0.259 e. The second kappa shape index (κ2) is 9.45. The van der Waals surface area contributed by atoms with E-state index in [1.165, 1.54) is 21.3 Å². The van der Waals surface area contributed by atoms with Crippen LogP contribution in [0.4, 0.5) is 5.69 Å². The van der Waals surface area contributed by atoms with E-state index in [9.17, 15) is 4.79 Å². The van der Waals surface area contributed by atoms with Gasteiger partial charge in [-0.15, -0.1) is 0 Å². The fraction of sp³-hybridized carbons (Fsp3) is 0.182. The van der Waals surface area contributed by atoms with Crippen molar-refractivity contribution in [1.82, 2.24) is 4.98 Å². The first kappa shape index (κ1) is 20.0. The Labute approximate surface area is 169 Å². The van der Waals surface area contributed by atoms with Crippen LogP contribution in [0.15, 0.2) is 60.8 Å². The highest BCUT2D eigenvalue weighted by atomic mass is 16.5. The van der Waals surface area contributed by atoms with Crippen molar-refractivity contribution in [3.63, 3.8) is 0 Å². The van der Waals surface area contributed by atoms with E-state index in [1.807, 2.05) is 24.3 Å². The van der Waals surface area contributed by atoms with E-state index in [2.05, 4.69) is 10.3 Å². The summed E-state index contributed by atoms with van der Waals surface area (Å²) in [7, 11) is 4.52. The molecule has 0 bridgehead atoms. The summed E-state index contributed by atoms with van der Waals surface area (Å²) in [5.41, 5.74) is 1.73. The number of hydrogen-bond donors (Lipinski definition) is 1. The van der Waals surface area contributed by atoms with Crippen LogP contribution in [-0.2, 0) is 6.61 Å². The predicted molar refractivity (Wildman–Crippen MR) is 109 cm³/mol. The van der Waals surface area contributed by atoms with E-state index >= 15 is 0 Å². The summed E-state index contributed by atoms with van der Waals surface area (Å²) in [6.45, 7) is 0.335. The molecular weight excluding hydrogens is 372 g/mol. The number of rotatable bonds is 8. The molecular formula is C22H22N2O5. The Morgan fingerprint density at radius 3 is 2.34 bits per heavy atom. The molecule has 0 aliphatic carbocycles. The number of carbonyl (C=O) groups excluding carboxylic acids is 1. The fourth-order valence-corrected chi connectivity index (χ4v) is 2.71. The lowest BCUT2D eigenvalue weighted by atomic mass is 10.1. The third-order valence-electron chi connectivity index (χ3n) is 4.16. The Balaban J connectivity index is 1.75. The van der Waals surface area contributed by atoms with Crippen molar-refractivity contribution in [1.29, 1.82) is 0 Å². The van der Waals surface area contributed by atoms with Crippen LogP contribution in [-0.4, -0.2) is 32.2 Å². The SMILES string of the molecule is COc1cc(OC)c(C(=O)Nc2cccc(OCc3ccccn3)c2)cc1OC. The number of nitrogens with one attached hydrogen (secondary N) is 1. The number of ether oxygens (including phenoxy) is 4. The highest BCUT2D eigenvalue weighted by Crippen LogP contribution is 2.35. The van der Waals surface area contributed by atoms with E-state index in [4.69, 9.17) is 18.9 Å². The third kappa shape index (κ3) is 4.95. The molecule has 0 aliphatic heterocycles. The van der Waals surface area contributed by atoms with Crippen molar-refractivity contribution in [2.45, 2.75) is 6.61 Å². The summed E-state index contributed by atoms with van der Waals surface area (Å²) < 4.78 is 21.6. The molecule has 1 aromatic heterocycles. The summed E-state index contributed by atoms with van der Waals surface area (Å²) >= 11 is 0. The van der Waals surface area contributed by atoms with Gasteiger partial charge in [0.15, 0.2) is 11.5 Å². The molecule has 29 heavy (non-hydrogen) atoms. The van der Waals surface area contributed by atoms with Crippen LogP contribution in [0.1, 0.15) is 16.1 Å². The number of methoxy groups -OCH3 is 3. The van der Waals surface area contributed by atoms with Gasteiger partial charge in [-0.1, -0.05) is 12.1 Å². The Kier molecular flexibility index (Phi) is 6.52. The van der Waals surface area contributed by atoms with Crippen molar-refractivity contribution in [2.24, 2.45) is 0 Å². The van der Waals surface area contributed by atoms with Crippen LogP contribution in [0, 0.1) is 0 Å². The summed E-state index contributed by atoms with van der Waals surface area (Å²) in [5, 5.41) is 2.85. The van der Waals surface area contributed by atoms with Gasteiger partial charge >= 0.3 is 0 Å². The zero-order valence-electron chi connectivity index (χ0n) is 16.5. The van der Waals surface area contributed by atoms with Crippen molar-refractivity contribution in [3.8, 4) is 23.0 Å². The lowest BCUT2D eigenvalue weighted by Crippen LogP contribution is -2.13. The Morgan fingerprint density at radius 2 is 1.66 bits per heavy atom. The van der Waals surface area contributed by atoms with Crippen molar-refractivity contribution in [3.05, 3.63) is 72.1 Å². The third-order valence-corrected chi connectivity index (χ3v) is 4.16. The molecule has 0 atom stereocenters. The minimum absolute atomic E-state index is 0.324. The van der Waals surface area contributed by atoms with Crippen LogP contribution in [0.25, 0.3) is 0 Å². The van der Waals surface area contributed by atoms with Gasteiger partial charge in [0.1, 0.15) is 18.1 Å². The van der Waals surface area contributed by atoms with E-state index in [0.29, 0.717) is 40.9 Å². The quantitative estimate of drug-likeness (QED) is 0.623. The fourth-order valence-electron chi connectivity index (χ4n) is 2.71. The van der Waals surface area contributed by atoms with Crippen LogP contribution in [0.5, 0.6) is 23.0 Å². The minimum atomic E-state index is -0.343. The Morgan fingerprint density at radius 1 is 0.897 bits per heavy atom. The van der Waals surface area contributed by atoms with Crippen molar-refractivity contribution < 1.29 is 23.7 Å². The highest BCUT2D eigenvalue weighted by Gasteiger charge is 2.18. The molecule has 0 saturated carbocycles. The average Bonchev–Trinajstić information content (AvgIpc) is 2.77. The zero-order valence-corrected chi connectivity index (χ0v) is 16.5. The monoisotopic (exact) mass is 394 g/mol. The Bertz CT molecular complexity index is 976. The van der Waals surface area contributed by atoms with Gasteiger partial charge in [0, 0.05) is 30.1 Å². The van der Waals surface area contributed by atoms with Gasteiger partial charge in [0.25, 0.3) is 5.91 Å². The molecule has 0 radical (unpaired) electrons. The van der Waals surface area contributed by atoms with E-state index < -0.39 is 0 Å². The molecule has 0 fully saturated rings. The van der Waals surface area contributed by atoms with Gasteiger partial charge in [0.05, 0.1) is 32.6 Å². The first-order valence-corrected chi connectivity index (χ1v) is 8.88. The van der Waals surface area contributed by atoms with E-state index in [1.54, 1.807) is 36.5 Å². The molecule has 0 aliphatic rings. The van der Waals surface area contributed by atoms with Crippen LogP contribution in [0.2, 0.25) is 0 Å². The van der Waals surface area contributed by atoms with E-state index in [-0.39, 0.29) is 5.91 Å². The lowest BCUT2D eigenvalue weighted by Gasteiger charge is -2.14. The summed E-state index contributed by atoms with van der Waals surface area (Å²) in [6.07, 6.45) is 1.71. The van der Waals surface area contributed by atoms with Gasteiger partial charge in [0.2, 0.25) is 0 Å². The molecule has 3 rings (SSSR count). The van der Waals surface area contributed by atoms with Gasteiger partial charge in [-0.05, 0) is 24.3 Å². The zero-order chi connectivity index (χ0) is 20.6. The molecule has 0 unspecified atom stereocenters.